The van der Waals surface area contributed by atoms with Crippen molar-refractivity contribution in [3.8, 4) is 17.2 Å². The van der Waals surface area contributed by atoms with Crippen molar-refractivity contribution in [1.29, 1.82) is 0 Å². The summed E-state index contributed by atoms with van der Waals surface area (Å²) in [5.74, 6) is 2.33. The van der Waals surface area contributed by atoms with Gasteiger partial charge in [-0.3, -0.25) is 0 Å². The largest absolute Gasteiger partial charge is 0.493 e. The normalized spacial score (nSPS) is 15.8. The molecule has 1 aromatic carbocycles. The summed E-state index contributed by atoms with van der Waals surface area (Å²) in [6.07, 6.45) is 5.07. The van der Waals surface area contributed by atoms with E-state index in [2.05, 4.69) is 13.0 Å². The van der Waals surface area contributed by atoms with E-state index in [-0.39, 0.29) is 5.60 Å². The number of hydrogen-bond donors (Lipinski definition) is 0. The molecule has 3 nitrogen and oxygen atoms in total. The van der Waals surface area contributed by atoms with Crippen molar-refractivity contribution in [2.45, 2.75) is 32.8 Å². The third-order valence-electron chi connectivity index (χ3n) is 2.80. The van der Waals surface area contributed by atoms with E-state index in [0.29, 0.717) is 6.61 Å². The first kappa shape index (κ1) is 12.8. The van der Waals surface area contributed by atoms with Crippen LogP contribution in [0.15, 0.2) is 18.2 Å². The highest BCUT2D eigenvalue weighted by Gasteiger charge is 2.23. The molecule has 0 saturated heterocycles. The van der Waals surface area contributed by atoms with Crippen molar-refractivity contribution in [3.63, 3.8) is 0 Å². The van der Waals surface area contributed by atoms with Crippen molar-refractivity contribution in [2.75, 3.05) is 13.7 Å². The van der Waals surface area contributed by atoms with E-state index in [1.54, 1.807) is 7.11 Å². The van der Waals surface area contributed by atoms with Gasteiger partial charge in [0.15, 0.2) is 11.5 Å². The predicted octanol–water partition coefficient (Wildman–Crippen LogP) is 3.67. The molecule has 0 radical (unpaired) electrons. The first-order valence-electron chi connectivity index (χ1n) is 6.29. The van der Waals surface area contributed by atoms with Gasteiger partial charge in [-0.15, -0.1) is 0 Å². The second-order valence-corrected chi connectivity index (χ2v) is 4.93. The summed E-state index contributed by atoms with van der Waals surface area (Å²) < 4.78 is 16.9. The van der Waals surface area contributed by atoms with Crippen LogP contribution in [0, 0.1) is 0 Å². The topological polar surface area (TPSA) is 27.7 Å². The van der Waals surface area contributed by atoms with Gasteiger partial charge in [-0.25, -0.2) is 0 Å². The molecule has 0 bridgehead atoms. The fourth-order valence-corrected chi connectivity index (χ4v) is 1.87. The first-order chi connectivity index (χ1) is 8.55. The summed E-state index contributed by atoms with van der Waals surface area (Å²) >= 11 is 0. The van der Waals surface area contributed by atoms with Crippen LogP contribution in [0.2, 0.25) is 0 Å². The molecule has 0 fully saturated rings. The molecule has 98 valence electrons. The average molecular weight is 248 g/mol. The van der Waals surface area contributed by atoms with Crippen LogP contribution in [0.3, 0.4) is 0 Å². The van der Waals surface area contributed by atoms with Gasteiger partial charge in [-0.05, 0) is 32.4 Å². The van der Waals surface area contributed by atoms with Crippen molar-refractivity contribution >= 4 is 6.08 Å². The zero-order valence-electron chi connectivity index (χ0n) is 11.4. The molecule has 1 aromatic rings. The van der Waals surface area contributed by atoms with Gasteiger partial charge in [0.2, 0.25) is 0 Å². The first-order valence-corrected chi connectivity index (χ1v) is 6.29. The van der Waals surface area contributed by atoms with Crippen molar-refractivity contribution < 1.29 is 14.2 Å². The minimum atomic E-state index is -0.274. The standard InChI is InChI=1S/C15H20O3/c1-5-8-17-14-10-12-11(9-13(14)16-4)6-7-15(2,3)18-12/h6-7,9-10H,5,8H2,1-4H3. The van der Waals surface area contributed by atoms with Gasteiger partial charge in [0.25, 0.3) is 0 Å². The molecule has 1 aliphatic heterocycles. The Hall–Kier alpha value is -1.64. The molecule has 3 heteroatoms. The maximum Gasteiger partial charge on any atom is 0.164 e. The second-order valence-electron chi connectivity index (χ2n) is 4.93. The van der Waals surface area contributed by atoms with Crippen LogP contribution in [0.1, 0.15) is 32.8 Å². The third kappa shape index (κ3) is 2.61. The minimum absolute atomic E-state index is 0.274. The molecule has 0 amide bonds. The molecule has 0 unspecified atom stereocenters. The number of benzene rings is 1. The van der Waals surface area contributed by atoms with E-state index in [1.807, 2.05) is 32.1 Å². The maximum absolute atomic E-state index is 5.92. The lowest BCUT2D eigenvalue weighted by Crippen LogP contribution is -2.27. The predicted molar refractivity (Wildman–Crippen MR) is 72.5 cm³/mol. The van der Waals surface area contributed by atoms with E-state index in [0.717, 1.165) is 29.2 Å². The Kier molecular flexibility index (Phi) is 3.50. The Labute approximate surface area is 108 Å². The number of hydrogen-bond acceptors (Lipinski definition) is 3. The Bertz CT molecular complexity index is 461. The fourth-order valence-electron chi connectivity index (χ4n) is 1.87. The number of methoxy groups -OCH3 is 1. The van der Waals surface area contributed by atoms with Crippen LogP contribution in [-0.4, -0.2) is 19.3 Å². The molecule has 1 aliphatic rings. The van der Waals surface area contributed by atoms with Gasteiger partial charge >= 0.3 is 0 Å². The van der Waals surface area contributed by atoms with E-state index in [4.69, 9.17) is 14.2 Å². The van der Waals surface area contributed by atoms with Crippen LogP contribution in [0.25, 0.3) is 6.08 Å². The number of ether oxygens (including phenoxy) is 3. The molecule has 2 rings (SSSR count). The van der Waals surface area contributed by atoms with Crippen LogP contribution in [0.5, 0.6) is 17.2 Å². The molecule has 0 aromatic heterocycles. The van der Waals surface area contributed by atoms with E-state index < -0.39 is 0 Å². The van der Waals surface area contributed by atoms with Crippen LogP contribution < -0.4 is 14.2 Å². The lowest BCUT2D eigenvalue weighted by molar-refractivity contribution is 0.157. The molecule has 1 heterocycles. The SMILES string of the molecule is CCCOc1cc2c(cc1OC)C=CC(C)(C)O2. The summed E-state index contributed by atoms with van der Waals surface area (Å²) in [5, 5.41) is 0. The fraction of sp³-hybridized carbons (Fsp3) is 0.467. The zero-order valence-corrected chi connectivity index (χ0v) is 11.4. The molecule has 0 N–H and O–H groups in total. The summed E-state index contributed by atoms with van der Waals surface area (Å²) in [4.78, 5) is 0. The minimum Gasteiger partial charge on any atom is -0.493 e. The van der Waals surface area contributed by atoms with Crippen LogP contribution in [0.4, 0.5) is 0 Å². The van der Waals surface area contributed by atoms with Crippen LogP contribution >= 0.6 is 0 Å². The smallest absolute Gasteiger partial charge is 0.164 e. The summed E-state index contributed by atoms with van der Waals surface area (Å²) in [6.45, 7) is 6.81. The van der Waals surface area contributed by atoms with Gasteiger partial charge in [0.05, 0.1) is 13.7 Å². The Balaban J connectivity index is 2.36. The number of fused-ring (bicyclic) bond motifs is 1. The highest BCUT2D eigenvalue weighted by Crippen LogP contribution is 2.39. The highest BCUT2D eigenvalue weighted by molar-refractivity contribution is 5.66. The molecule has 0 aliphatic carbocycles. The van der Waals surface area contributed by atoms with E-state index >= 15 is 0 Å². The van der Waals surface area contributed by atoms with Gasteiger partial charge in [0, 0.05) is 11.6 Å². The Morgan fingerprint density at radius 3 is 2.67 bits per heavy atom. The summed E-state index contributed by atoms with van der Waals surface area (Å²) in [7, 11) is 1.65. The van der Waals surface area contributed by atoms with Crippen molar-refractivity contribution in [2.24, 2.45) is 0 Å². The van der Waals surface area contributed by atoms with E-state index in [1.165, 1.54) is 0 Å². The molecule has 18 heavy (non-hydrogen) atoms. The van der Waals surface area contributed by atoms with Crippen LogP contribution in [-0.2, 0) is 0 Å². The van der Waals surface area contributed by atoms with Gasteiger partial charge in [0.1, 0.15) is 11.4 Å². The zero-order chi connectivity index (χ0) is 13.2. The lowest BCUT2D eigenvalue weighted by Gasteiger charge is -2.28. The lowest BCUT2D eigenvalue weighted by atomic mass is 10.0. The van der Waals surface area contributed by atoms with Crippen molar-refractivity contribution in [3.05, 3.63) is 23.8 Å². The molecule has 0 saturated carbocycles. The second kappa shape index (κ2) is 4.92. The average Bonchev–Trinajstić information content (AvgIpc) is 2.34. The number of rotatable bonds is 4. The van der Waals surface area contributed by atoms with Gasteiger partial charge in [-0.1, -0.05) is 13.0 Å². The molecular weight excluding hydrogens is 228 g/mol. The monoisotopic (exact) mass is 248 g/mol. The Morgan fingerprint density at radius 2 is 2.00 bits per heavy atom. The highest BCUT2D eigenvalue weighted by atomic mass is 16.5. The quantitative estimate of drug-likeness (QED) is 0.813. The van der Waals surface area contributed by atoms with Crippen molar-refractivity contribution in [1.82, 2.24) is 0 Å². The molecule has 0 spiro atoms. The van der Waals surface area contributed by atoms with Gasteiger partial charge in [-0.2, -0.15) is 0 Å². The maximum atomic E-state index is 5.92. The summed E-state index contributed by atoms with van der Waals surface area (Å²) in [6, 6.07) is 3.86. The Morgan fingerprint density at radius 1 is 1.22 bits per heavy atom. The van der Waals surface area contributed by atoms with Gasteiger partial charge < -0.3 is 14.2 Å². The molecule has 0 atom stereocenters. The molecular formula is C15H20O3. The summed E-state index contributed by atoms with van der Waals surface area (Å²) in [5.41, 5.74) is 0.749. The van der Waals surface area contributed by atoms with E-state index in [9.17, 15) is 0 Å². The third-order valence-corrected chi connectivity index (χ3v) is 2.80.